The summed E-state index contributed by atoms with van der Waals surface area (Å²) < 4.78 is 7.46. The number of nitrogens with two attached hydrogens (primary N) is 1. The lowest BCUT2D eigenvalue weighted by Crippen LogP contribution is -2.17. The molecule has 2 rings (SSSR count). The molecule has 1 aromatic carbocycles. The predicted molar refractivity (Wildman–Crippen MR) is 75.8 cm³/mol. The zero-order valence-electron chi connectivity index (χ0n) is 11.3. The summed E-state index contributed by atoms with van der Waals surface area (Å²) in [6, 6.07) is 9.96. The normalized spacial score (nSPS) is 12.5. The van der Waals surface area contributed by atoms with Gasteiger partial charge in [-0.3, -0.25) is 0 Å². The zero-order chi connectivity index (χ0) is 13.5. The van der Waals surface area contributed by atoms with Gasteiger partial charge in [0.25, 0.3) is 0 Å². The van der Waals surface area contributed by atoms with E-state index >= 15 is 0 Å². The van der Waals surface area contributed by atoms with Gasteiger partial charge in [0, 0.05) is 19.8 Å². The van der Waals surface area contributed by atoms with Gasteiger partial charge in [0.05, 0.1) is 24.3 Å². The summed E-state index contributed by atoms with van der Waals surface area (Å²) in [5, 5.41) is 0. The first-order chi connectivity index (χ1) is 9.33. The lowest BCUT2D eigenvalue weighted by Gasteiger charge is -2.15. The molecule has 1 unspecified atom stereocenters. The van der Waals surface area contributed by atoms with Crippen LogP contribution in [0.25, 0.3) is 0 Å². The number of nitrogens with zero attached hydrogens (tertiary/aromatic N) is 2. The maximum absolute atomic E-state index is 6.30. The Kier molecular flexibility index (Phi) is 5.12. The number of aromatic nitrogens is 2. The van der Waals surface area contributed by atoms with Crippen LogP contribution in [0.3, 0.4) is 0 Å². The van der Waals surface area contributed by atoms with Crippen molar-refractivity contribution in [3.8, 4) is 0 Å². The third-order valence-corrected chi connectivity index (χ3v) is 3.11. The van der Waals surface area contributed by atoms with Crippen LogP contribution in [0.4, 0.5) is 0 Å². The number of aryl methyl sites for hydroxylation is 1. The third-order valence-electron chi connectivity index (χ3n) is 3.11. The average Bonchev–Trinajstić information content (AvgIpc) is 2.92. The van der Waals surface area contributed by atoms with Gasteiger partial charge in [-0.05, 0) is 18.9 Å². The highest BCUT2D eigenvalue weighted by Gasteiger charge is 2.13. The van der Waals surface area contributed by atoms with E-state index in [9.17, 15) is 0 Å². The van der Waals surface area contributed by atoms with Gasteiger partial charge in [-0.1, -0.05) is 30.3 Å². The van der Waals surface area contributed by atoms with Crippen molar-refractivity contribution in [2.75, 3.05) is 13.2 Å². The van der Waals surface area contributed by atoms with Crippen molar-refractivity contribution in [1.29, 1.82) is 0 Å². The zero-order valence-corrected chi connectivity index (χ0v) is 11.3. The fourth-order valence-corrected chi connectivity index (χ4v) is 2.09. The van der Waals surface area contributed by atoms with Crippen molar-refractivity contribution in [3.05, 3.63) is 54.1 Å². The van der Waals surface area contributed by atoms with Crippen LogP contribution >= 0.6 is 0 Å². The summed E-state index contributed by atoms with van der Waals surface area (Å²) in [5.74, 6) is 0. The SMILES string of the molecule is CCOCCCn1cncc1C(N)c1ccccc1. The molecule has 4 nitrogen and oxygen atoms in total. The van der Waals surface area contributed by atoms with Crippen molar-refractivity contribution in [2.45, 2.75) is 25.9 Å². The highest BCUT2D eigenvalue weighted by Crippen LogP contribution is 2.19. The van der Waals surface area contributed by atoms with Crippen LogP contribution in [-0.4, -0.2) is 22.8 Å². The number of hydrogen-bond acceptors (Lipinski definition) is 3. The van der Waals surface area contributed by atoms with E-state index in [1.165, 1.54) is 0 Å². The van der Waals surface area contributed by atoms with E-state index in [0.717, 1.165) is 37.4 Å². The fourth-order valence-electron chi connectivity index (χ4n) is 2.09. The molecule has 0 aliphatic heterocycles. The smallest absolute Gasteiger partial charge is 0.0948 e. The Morgan fingerprint density at radius 2 is 2.11 bits per heavy atom. The average molecular weight is 259 g/mol. The van der Waals surface area contributed by atoms with Gasteiger partial charge < -0.3 is 15.0 Å². The van der Waals surface area contributed by atoms with E-state index < -0.39 is 0 Å². The van der Waals surface area contributed by atoms with Crippen LogP contribution in [0, 0.1) is 0 Å². The molecular formula is C15H21N3O. The Hall–Kier alpha value is -1.65. The van der Waals surface area contributed by atoms with Crippen molar-refractivity contribution in [2.24, 2.45) is 5.73 Å². The molecule has 102 valence electrons. The van der Waals surface area contributed by atoms with Gasteiger partial charge in [0.15, 0.2) is 0 Å². The molecule has 0 bridgehead atoms. The monoisotopic (exact) mass is 259 g/mol. The minimum absolute atomic E-state index is 0.129. The van der Waals surface area contributed by atoms with Crippen LogP contribution in [0.2, 0.25) is 0 Å². The molecule has 0 spiro atoms. The number of imidazole rings is 1. The molecule has 2 N–H and O–H groups in total. The molecule has 1 aromatic heterocycles. The maximum atomic E-state index is 6.30. The molecule has 0 saturated carbocycles. The molecule has 0 aliphatic carbocycles. The van der Waals surface area contributed by atoms with E-state index in [1.54, 1.807) is 0 Å². The summed E-state index contributed by atoms with van der Waals surface area (Å²) in [7, 11) is 0. The molecule has 1 heterocycles. The second-order valence-electron chi connectivity index (χ2n) is 4.45. The van der Waals surface area contributed by atoms with E-state index in [4.69, 9.17) is 10.5 Å². The van der Waals surface area contributed by atoms with E-state index in [-0.39, 0.29) is 6.04 Å². The summed E-state index contributed by atoms with van der Waals surface area (Å²) in [6.45, 7) is 4.43. The molecule has 4 heteroatoms. The molecule has 0 saturated heterocycles. The molecule has 1 atom stereocenters. The Balaban J connectivity index is 2.02. The predicted octanol–water partition coefficient (Wildman–Crippen LogP) is 2.36. The van der Waals surface area contributed by atoms with Gasteiger partial charge in [-0.15, -0.1) is 0 Å². The minimum atomic E-state index is -0.129. The summed E-state index contributed by atoms with van der Waals surface area (Å²) in [6.07, 6.45) is 4.65. The quantitative estimate of drug-likeness (QED) is 0.777. The Labute approximate surface area is 114 Å². The highest BCUT2D eigenvalue weighted by atomic mass is 16.5. The van der Waals surface area contributed by atoms with Gasteiger partial charge >= 0.3 is 0 Å². The Morgan fingerprint density at radius 3 is 2.84 bits per heavy atom. The first-order valence-corrected chi connectivity index (χ1v) is 6.71. The summed E-state index contributed by atoms with van der Waals surface area (Å²) in [4.78, 5) is 4.21. The number of rotatable bonds is 7. The van der Waals surface area contributed by atoms with Crippen molar-refractivity contribution >= 4 is 0 Å². The second kappa shape index (κ2) is 7.07. The van der Waals surface area contributed by atoms with Gasteiger partial charge in [-0.25, -0.2) is 4.98 Å². The number of ether oxygens (including phenoxy) is 1. The Bertz CT molecular complexity index is 481. The first-order valence-electron chi connectivity index (χ1n) is 6.71. The van der Waals surface area contributed by atoms with Gasteiger partial charge in [0.1, 0.15) is 0 Å². The molecule has 19 heavy (non-hydrogen) atoms. The van der Waals surface area contributed by atoms with Crippen LogP contribution in [0.5, 0.6) is 0 Å². The largest absolute Gasteiger partial charge is 0.382 e. The third kappa shape index (κ3) is 3.66. The highest BCUT2D eigenvalue weighted by molar-refractivity contribution is 5.26. The fraction of sp³-hybridized carbons (Fsp3) is 0.400. The van der Waals surface area contributed by atoms with Crippen LogP contribution in [0.1, 0.15) is 30.6 Å². The molecule has 0 fully saturated rings. The van der Waals surface area contributed by atoms with Crippen molar-refractivity contribution in [1.82, 2.24) is 9.55 Å². The van der Waals surface area contributed by atoms with Gasteiger partial charge in [0.2, 0.25) is 0 Å². The molecule has 0 amide bonds. The number of hydrogen-bond donors (Lipinski definition) is 1. The van der Waals surface area contributed by atoms with Crippen LogP contribution < -0.4 is 5.73 Å². The van der Waals surface area contributed by atoms with E-state index in [0.29, 0.717) is 0 Å². The van der Waals surface area contributed by atoms with Gasteiger partial charge in [-0.2, -0.15) is 0 Å². The molecular weight excluding hydrogens is 238 g/mol. The number of benzene rings is 1. The summed E-state index contributed by atoms with van der Waals surface area (Å²) >= 11 is 0. The van der Waals surface area contributed by atoms with Crippen molar-refractivity contribution in [3.63, 3.8) is 0 Å². The van der Waals surface area contributed by atoms with Crippen LogP contribution in [0.15, 0.2) is 42.9 Å². The van der Waals surface area contributed by atoms with E-state index in [2.05, 4.69) is 9.55 Å². The lowest BCUT2D eigenvalue weighted by molar-refractivity contribution is 0.141. The molecule has 0 radical (unpaired) electrons. The maximum Gasteiger partial charge on any atom is 0.0948 e. The topological polar surface area (TPSA) is 53.1 Å². The van der Waals surface area contributed by atoms with E-state index in [1.807, 2.05) is 49.8 Å². The second-order valence-corrected chi connectivity index (χ2v) is 4.45. The van der Waals surface area contributed by atoms with Crippen molar-refractivity contribution < 1.29 is 4.74 Å². The summed E-state index contributed by atoms with van der Waals surface area (Å²) in [5.41, 5.74) is 8.45. The van der Waals surface area contributed by atoms with Crippen LogP contribution in [-0.2, 0) is 11.3 Å². The molecule has 0 aliphatic rings. The minimum Gasteiger partial charge on any atom is -0.382 e. The Morgan fingerprint density at radius 1 is 1.32 bits per heavy atom. The lowest BCUT2D eigenvalue weighted by atomic mass is 10.1. The standard InChI is InChI=1S/C15H21N3O/c1-2-19-10-6-9-18-12-17-11-14(18)15(16)13-7-4-3-5-8-13/h3-5,7-8,11-12,15H,2,6,9-10,16H2,1H3. The molecule has 2 aromatic rings. The first kappa shape index (κ1) is 13.8.